The molecule has 1 heterocycles. The van der Waals surface area contributed by atoms with Gasteiger partial charge in [0.1, 0.15) is 0 Å². The van der Waals surface area contributed by atoms with Crippen LogP contribution < -0.4 is 5.73 Å². The van der Waals surface area contributed by atoms with Crippen molar-refractivity contribution >= 4 is 22.5 Å². The first kappa shape index (κ1) is 12.2. The average Bonchev–Trinajstić information content (AvgIpc) is 2.85. The predicted molar refractivity (Wildman–Crippen MR) is 75.0 cm³/mol. The first-order valence-electron chi connectivity index (χ1n) is 5.96. The van der Waals surface area contributed by atoms with Gasteiger partial charge in [-0.15, -0.1) is 10.2 Å². The van der Waals surface area contributed by atoms with Crippen LogP contribution in [0.25, 0.3) is 10.8 Å². The van der Waals surface area contributed by atoms with Crippen LogP contribution in [0, 0.1) is 6.92 Å². The van der Waals surface area contributed by atoms with Crippen molar-refractivity contribution < 1.29 is 4.42 Å². The lowest BCUT2D eigenvalue weighted by molar-refractivity contribution is 0.429. The predicted octanol–water partition coefficient (Wildman–Crippen LogP) is 3.14. The Morgan fingerprint density at radius 2 is 1.89 bits per heavy atom. The van der Waals surface area contributed by atoms with E-state index >= 15 is 0 Å². The number of fused-ring (bicyclic) bond motifs is 1. The van der Waals surface area contributed by atoms with Gasteiger partial charge in [-0.25, -0.2) is 0 Å². The molecule has 5 heteroatoms. The molecule has 4 nitrogen and oxygen atoms in total. The molecule has 0 unspecified atom stereocenters. The summed E-state index contributed by atoms with van der Waals surface area (Å²) in [5.74, 6) is 0.574. The fourth-order valence-corrected chi connectivity index (χ4v) is 2.87. The lowest BCUT2D eigenvalue weighted by Crippen LogP contribution is -1.97. The number of aryl methyl sites for hydroxylation is 1. The van der Waals surface area contributed by atoms with E-state index in [2.05, 4.69) is 28.4 Å². The summed E-state index contributed by atoms with van der Waals surface area (Å²) >= 11 is 1.48. The Morgan fingerprint density at radius 3 is 2.58 bits per heavy atom. The summed E-state index contributed by atoms with van der Waals surface area (Å²) in [6, 6.07) is 12.3. The molecular formula is C14H13N3OS. The van der Waals surface area contributed by atoms with Gasteiger partial charge in [-0.1, -0.05) is 30.3 Å². The summed E-state index contributed by atoms with van der Waals surface area (Å²) in [7, 11) is 0. The molecule has 0 aliphatic rings. The van der Waals surface area contributed by atoms with Crippen LogP contribution in [0.1, 0.15) is 11.5 Å². The van der Waals surface area contributed by atoms with E-state index in [-0.39, 0.29) is 0 Å². The molecule has 2 aromatic carbocycles. The number of rotatable bonds is 3. The molecule has 0 bridgehead atoms. The first-order chi connectivity index (χ1) is 9.28. The number of benzene rings is 2. The van der Waals surface area contributed by atoms with Crippen molar-refractivity contribution in [2.24, 2.45) is 5.73 Å². The number of nitrogens with two attached hydrogens (primary N) is 1. The number of nitrogens with zero attached hydrogens (tertiary/aromatic N) is 2. The van der Waals surface area contributed by atoms with Gasteiger partial charge in [0.15, 0.2) is 0 Å². The van der Waals surface area contributed by atoms with E-state index < -0.39 is 0 Å². The standard InChI is InChI=1S/C14H13N3OS/c1-9-16-17-14(18-9)19-13-7-6-10(8-15)11-4-2-3-5-12(11)13/h2-7H,8,15H2,1H3. The summed E-state index contributed by atoms with van der Waals surface area (Å²) in [5, 5.41) is 10.7. The molecule has 0 spiro atoms. The molecule has 1 aromatic heterocycles. The van der Waals surface area contributed by atoms with E-state index in [0.717, 1.165) is 15.8 Å². The minimum Gasteiger partial charge on any atom is -0.416 e. The Morgan fingerprint density at radius 1 is 1.11 bits per heavy atom. The molecule has 0 atom stereocenters. The Kier molecular flexibility index (Phi) is 3.23. The van der Waals surface area contributed by atoms with Crippen LogP contribution >= 0.6 is 11.8 Å². The second-order valence-corrected chi connectivity index (χ2v) is 5.15. The van der Waals surface area contributed by atoms with Crippen LogP contribution in [0.5, 0.6) is 0 Å². The molecule has 19 heavy (non-hydrogen) atoms. The molecule has 2 N–H and O–H groups in total. The van der Waals surface area contributed by atoms with Crippen molar-refractivity contribution in [3.63, 3.8) is 0 Å². The zero-order chi connectivity index (χ0) is 13.2. The lowest BCUT2D eigenvalue weighted by Gasteiger charge is -2.08. The van der Waals surface area contributed by atoms with Gasteiger partial charge in [-0.05, 0) is 34.2 Å². The van der Waals surface area contributed by atoms with E-state index in [4.69, 9.17) is 10.2 Å². The molecule has 96 valence electrons. The summed E-state index contributed by atoms with van der Waals surface area (Å²) in [6.07, 6.45) is 0. The number of hydrogen-bond acceptors (Lipinski definition) is 5. The van der Waals surface area contributed by atoms with Gasteiger partial charge < -0.3 is 10.2 Å². The van der Waals surface area contributed by atoms with Crippen molar-refractivity contribution in [3.8, 4) is 0 Å². The van der Waals surface area contributed by atoms with E-state index in [1.807, 2.05) is 18.2 Å². The second kappa shape index (κ2) is 5.03. The van der Waals surface area contributed by atoms with Crippen LogP contribution in [0.2, 0.25) is 0 Å². The molecule has 0 aliphatic heterocycles. The zero-order valence-electron chi connectivity index (χ0n) is 10.5. The Labute approximate surface area is 115 Å². The van der Waals surface area contributed by atoms with Crippen LogP contribution in [-0.2, 0) is 6.54 Å². The smallest absolute Gasteiger partial charge is 0.281 e. The van der Waals surface area contributed by atoms with E-state index in [0.29, 0.717) is 17.7 Å². The van der Waals surface area contributed by atoms with Crippen molar-refractivity contribution in [3.05, 3.63) is 47.9 Å². The number of hydrogen-bond donors (Lipinski definition) is 1. The summed E-state index contributed by atoms with van der Waals surface area (Å²) in [5.41, 5.74) is 6.91. The third kappa shape index (κ3) is 2.34. The summed E-state index contributed by atoms with van der Waals surface area (Å²) in [4.78, 5) is 1.09. The third-order valence-electron chi connectivity index (χ3n) is 2.90. The number of aromatic nitrogens is 2. The minimum atomic E-state index is 0.533. The maximum absolute atomic E-state index is 5.77. The molecule has 0 saturated carbocycles. The van der Waals surface area contributed by atoms with Gasteiger partial charge in [0.2, 0.25) is 5.89 Å². The summed E-state index contributed by atoms with van der Waals surface area (Å²) in [6.45, 7) is 2.32. The van der Waals surface area contributed by atoms with E-state index in [9.17, 15) is 0 Å². The molecular weight excluding hydrogens is 258 g/mol. The molecule has 0 radical (unpaired) electrons. The Bertz CT molecular complexity index is 724. The van der Waals surface area contributed by atoms with Crippen LogP contribution in [0.3, 0.4) is 0 Å². The van der Waals surface area contributed by atoms with Gasteiger partial charge in [-0.2, -0.15) is 0 Å². The molecule has 0 amide bonds. The molecule has 0 aliphatic carbocycles. The maximum atomic E-state index is 5.77. The van der Waals surface area contributed by atoms with E-state index in [1.54, 1.807) is 6.92 Å². The quantitative estimate of drug-likeness (QED) is 0.792. The third-order valence-corrected chi connectivity index (χ3v) is 3.81. The fraction of sp³-hybridized carbons (Fsp3) is 0.143. The normalized spacial score (nSPS) is 11.1. The van der Waals surface area contributed by atoms with Crippen LogP contribution in [0.15, 0.2) is 50.9 Å². The van der Waals surface area contributed by atoms with E-state index in [1.165, 1.54) is 17.1 Å². The Balaban J connectivity index is 2.09. The molecule has 0 saturated heterocycles. The lowest BCUT2D eigenvalue weighted by atomic mass is 10.0. The maximum Gasteiger partial charge on any atom is 0.281 e. The highest BCUT2D eigenvalue weighted by molar-refractivity contribution is 7.99. The van der Waals surface area contributed by atoms with Crippen molar-refractivity contribution in [1.29, 1.82) is 0 Å². The minimum absolute atomic E-state index is 0.533. The topological polar surface area (TPSA) is 64.9 Å². The fourth-order valence-electron chi connectivity index (χ4n) is 2.01. The SMILES string of the molecule is Cc1nnc(Sc2ccc(CN)c3ccccc23)o1. The molecule has 3 rings (SSSR count). The van der Waals surface area contributed by atoms with Crippen LogP contribution in [-0.4, -0.2) is 10.2 Å². The summed E-state index contributed by atoms with van der Waals surface area (Å²) < 4.78 is 5.41. The monoisotopic (exact) mass is 271 g/mol. The van der Waals surface area contributed by atoms with Crippen molar-refractivity contribution in [2.45, 2.75) is 23.6 Å². The average molecular weight is 271 g/mol. The highest BCUT2D eigenvalue weighted by Gasteiger charge is 2.09. The first-order valence-corrected chi connectivity index (χ1v) is 6.78. The van der Waals surface area contributed by atoms with Crippen LogP contribution in [0.4, 0.5) is 0 Å². The largest absolute Gasteiger partial charge is 0.416 e. The highest BCUT2D eigenvalue weighted by Crippen LogP contribution is 2.34. The van der Waals surface area contributed by atoms with Gasteiger partial charge in [0.25, 0.3) is 5.22 Å². The Hall–Kier alpha value is -1.85. The molecule has 3 aromatic rings. The van der Waals surface area contributed by atoms with Gasteiger partial charge in [-0.3, -0.25) is 0 Å². The highest BCUT2D eigenvalue weighted by atomic mass is 32.2. The zero-order valence-corrected chi connectivity index (χ0v) is 11.3. The van der Waals surface area contributed by atoms with Gasteiger partial charge in [0, 0.05) is 18.4 Å². The molecule has 0 fully saturated rings. The van der Waals surface area contributed by atoms with Crippen molar-refractivity contribution in [1.82, 2.24) is 10.2 Å². The van der Waals surface area contributed by atoms with Crippen molar-refractivity contribution in [2.75, 3.05) is 0 Å². The second-order valence-electron chi connectivity index (χ2n) is 4.16. The van der Waals surface area contributed by atoms with Gasteiger partial charge in [0.05, 0.1) is 0 Å². The van der Waals surface area contributed by atoms with Gasteiger partial charge >= 0.3 is 0 Å².